The Kier molecular flexibility index (Phi) is 1.82. The molecule has 0 radical (unpaired) electrons. The molecule has 1 aliphatic heterocycles. The first kappa shape index (κ1) is 8.62. The largest absolute Gasteiger partial charge is 0.486 e. The second-order valence-electron chi connectivity index (χ2n) is 2.05. The van der Waals surface area contributed by atoms with Crippen LogP contribution in [0.4, 0.5) is 13.2 Å². The van der Waals surface area contributed by atoms with Gasteiger partial charge in [0.1, 0.15) is 0 Å². The van der Waals surface area contributed by atoms with E-state index in [1.807, 2.05) is 0 Å². The highest BCUT2D eigenvalue weighted by Crippen LogP contribution is 2.24. The second kappa shape index (κ2) is 2.54. The van der Waals surface area contributed by atoms with E-state index in [-0.39, 0.29) is 4.90 Å². The smallest absolute Gasteiger partial charge is 0.265 e. The van der Waals surface area contributed by atoms with Gasteiger partial charge in [-0.3, -0.25) is 4.90 Å². The number of rotatable bonds is 1. The molecule has 68 valence electrons. The molecule has 0 saturated carbocycles. The van der Waals surface area contributed by atoms with Crippen LogP contribution in [0.3, 0.4) is 0 Å². The topological polar surface area (TPSA) is 49.6 Å². The molecule has 0 N–H and O–H groups in total. The lowest BCUT2D eigenvalue weighted by Crippen LogP contribution is -2.37. The summed E-state index contributed by atoms with van der Waals surface area (Å²) in [5, 5.41) is 9.39. The molecule has 0 saturated heterocycles. The van der Waals surface area contributed by atoms with E-state index in [1.54, 1.807) is 0 Å². The minimum absolute atomic E-state index is 0.0875. The van der Waals surface area contributed by atoms with E-state index < -0.39 is 18.0 Å². The highest BCUT2D eigenvalue weighted by Gasteiger charge is 2.40. The summed E-state index contributed by atoms with van der Waals surface area (Å²) >= 11 is 0. The molecule has 1 heterocycles. The fraction of sp³-hybridized carbons (Fsp3) is 0.500. The molecule has 12 heavy (non-hydrogen) atoms. The number of halogens is 3. The van der Waals surface area contributed by atoms with Crippen molar-refractivity contribution in [1.29, 1.82) is 0 Å². The van der Waals surface area contributed by atoms with Gasteiger partial charge in [0, 0.05) is 6.20 Å². The molecule has 0 aromatic carbocycles. The molecule has 8 heteroatoms. The van der Waals surface area contributed by atoms with Crippen molar-refractivity contribution in [3.63, 3.8) is 0 Å². The third-order valence-electron chi connectivity index (χ3n) is 1.25. The molecule has 0 atom stereocenters. The number of hydrazine groups is 1. The van der Waals surface area contributed by atoms with Gasteiger partial charge in [0.25, 0.3) is 0 Å². The Morgan fingerprint density at radius 3 is 2.25 bits per heavy atom. The van der Waals surface area contributed by atoms with Crippen molar-refractivity contribution >= 4 is 0 Å². The van der Waals surface area contributed by atoms with Gasteiger partial charge in [-0.2, -0.15) is 13.2 Å². The normalized spacial score (nSPS) is 17.2. The summed E-state index contributed by atoms with van der Waals surface area (Å²) in [6, 6.07) is 0. The van der Waals surface area contributed by atoms with Gasteiger partial charge in [-0.1, -0.05) is 5.01 Å². The first-order valence-electron chi connectivity index (χ1n) is 2.84. The predicted octanol–water partition coefficient (Wildman–Crippen LogP) is 0.744. The average molecular weight is 183 g/mol. The van der Waals surface area contributed by atoms with Gasteiger partial charge in [-0.05, 0) is 0 Å². The fourth-order valence-electron chi connectivity index (χ4n) is 0.679. The van der Waals surface area contributed by atoms with Crippen molar-refractivity contribution in [3.8, 4) is 0 Å². The first-order chi connectivity index (χ1) is 5.41. The minimum atomic E-state index is -4.55. The molecule has 0 unspecified atom stereocenters. The molecule has 0 aliphatic carbocycles. The van der Waals surface area contributed by atoms with E-state index in [2.05, 4.69) is 0 Å². The summed E-state index contributed by atoms with van der Waals surface area (Å²) in [7, 11) is 0. The zero-order chi connectivity index (χ0) is 9.35. The van der Waals surface area contributed by atoms with Crippen LogP contribution >= 0.6 is 0 Å². The maximum Gasteiger partial charge on any atom is 0.486 e. The van der Waals surface area contributed by atoms with Crippen LogP contribution in [0.15, 0.2) is 12.4 Å². The lowest BCUT2D eigenvalue weighted by atomic mass is 10.8. The molecule has 0 amide bonds. The van der Waals surface area contributed by atoms with Gasteiger partial charge >= 0.3 is 6.30 Å². The van der Waals surface area contributed by atoms with Gasteiger partial charge in [0.2, 0.25) is 0 Å². The van der Waals surface area contributed by atoms with Crippen molar-refractivity contribution in [2.24, 2.45) is 0 Å². The van der Waals surface area contributed by atoms with Gasteiger partial charge < -0.3 is 0 Å². The first-order valence-corrected chi connectivity index (χ1v) is 2.84. The maximum atomic E-state index is 11.8. The van der Waals surface area contributed by atoms with Crippen LogP contribution < -0.4 is 0 Å². The van der Waals surface area contributed by atoms with Crippen molar-refractivity contribution < 1.29 is 18.2 Å². The Morgan fingerprint density at radius 1 is 1.42 bits per heavy atom. The standard InChI is InChI=1S/C4H4F3N3O2/c5-4(6,7)8-1-2-9(3-8)10(11)12/h1-2H,3H2. The van der Waals surface area contributed by atoms with E-state index >= 15 is 0 Å². The van der Waals surface area contributed by atoms with Gasteiger partial charge in [0.15, 0.2) is 11.7 Å². The monoisotopic (exact) mass is 183 g/mol. The highest BCUT2D eigenvalue weighted by atomic mass is 19.4. The maximum absolute atomic E-state index is 11.8. The van der Waals surface area contributed by atoms with E-state index in [1.165, 1.54) is 0 Å². The Balaban J connectivity index is 2.59. The Labute approximate surface area is 64.8 Å². The summed E-state index contributed by atoms with van der Waals surface area (Å²) in [5.41, 5.74) is 0. The Bertz CT molecular complexity index is 226. The molecule has 0 aromatic rings. The summed E-state index contributed by atoms with van der Waals surface area (Å²) in [4.78, 5) is 9.87. The molecule has 0 aromatic heterocycles. The molecule has 1 rings (SSSR count). The van der Waals surface area contributed by atoms with Crippen LogP contribution in [0.1, 0.15) is 0 Å². The van der Waals surface area contributed by atoms with E-state index in [0.717, 1.165) is 6.20 Å². The van der Waals surface area contributed by atoms with Gasteiger partial charge in [0.05, 0.1) is 6.20 Å². The van der Waals surface area contributed by atoms with Crippen LogP contribution in [0.2, 0.25) is 0 Å². The van der Waals surface area contributed by atoms with Crippen molar-refractivity contribution in [2.45, 2.75) is 6.30 Å². The zero-order valence-corrected chi connectivity index (χ0v) is 5.65. The summed E-state index contributed by atoms with van der Waals surface area (Å²) in [5.74, 6) is 0. The SMILES string of the molecule is O=[N+]([O-])N1C=CN(C(F)(F)F)C1. The molecular weight excluding hydrogens is 179 g/mol. The van der Waals surface area contributed by atoms with Crippen molar-refractivity contribution in [1.82, 2.24) is 9.91 Å². The second-order valence-corrected chi connectivity index (χ2v) is 2.05. The summed E-state index contributed by atoms with van der Waals surface area (Å²) in [6.45, 7) is -0.795. The average Bonchev–Trinajstić information content (AvgIpc) is 2.30. The zero-order valence-electron chi connectivity index (χ0n) is 5.65. The third kappa shape index (κ3) is 1.57. The van der Waals surface area contributed by atoms with E-state index in [4.69, 9.17) is 0 Å². The molecular formula is C4H4F3N3O2. The van der Waals surface area contributed by atoms with E-state index in [0.29, 0.717) is 11.2 Å². The number of hydrogen-bond acceptors (Lipinski definition) is 3. The van der Waals surface area contributed by atoms with Crippen LogP contribution in [0.5, 0.6) is 0 Å². The van der Waals surface area contributed by atoms with Crippen molar-refractivity contribution in [2.75, 3.05) is 6.67 Å². The quantitative estimate of drug-likeness (QED) is 0.342. The predicted molar refractivity (Wildman–Crippen MR) is 30.7 cm³/mol. The molecule has 0 spiro atoms. The fourth-order valence-corrected chi connectivity index (χ4v) is 0.679. The van der Waals surface area contributed by atoms with Crippen LogP contribution in [-0.2, 0) is 0 Å². The van der Waals surface area contributed by atoms with Gasteiger partial charge in [-0.15, -0.1) is 0 Å². The Morgan fingerprint density at radius 2 is 2.00 bits per heavy atom. The molecule has 5 nitrogen and oxygen atoms in total. The Hall–Kier alpha value is -1.47. The summed E-state index contributed by atoms with van der Waals surface area (Å²) < 4.78 is 35.5. The van der Waals surface area contributed by atoms with Gasteiger partial charge in [-0.25, -0.2) is 10.1 Å². The number of nitro groups is 1. The molecule has 1 aliphatic rings. The van der Waals surface area contributed by atoms with Crippen LogP contribution in [-0.4, -0.2) is 27.9 Å². The number of nitrogens with zero attached hydrogens (tertiary/aromatic N) is 3. The lowest BCUT2D eigenvalue weighted by Gasteiger charge is -2.18. The number of alkyl halides is 3. The van der Waals surface area contributed by atoms with Crippen molar-refractivity contribution in [3.05, 3.63) is 22.5 Å². The third-order valence-corrected chi connectivity index (χ3v) is 1.25. The summed E-state index contributed by atoms with van der Waals surface area (Å²) in [6.07, 6.45) is -3.18. The van der Waals surface area contributed by atoms with E-state index in [9.17, 15) is 23.3 Å². The number of hydrogen-bond donors (Lipinski definition) is 0. The molecule has 0 fully saturated rings. The minimum Gasteiger partial charge on any atom is -0.265 e. The van der Waals surface area contributed by atoms with Crippen LogP contribution in [0, 0.1) is 10.1 Å². The lowest BCUT2D eigenvalue weighted by molar-refractivity contribution is -0.642. The molecule has 0 bridgehead atoms. The van der Waals surface area contributed by atoms with Crippen LogP contribution in [0.25, 0.3) is 0 Å². The highest BCUT2D eigenvalue weighted by molar-refractivity contribution is 4.87.